The van der Waals surface area contributed by atoms with E-state index in [0.717, 1.165) is 17.6 Å². The molecule has 1 atom stereocenters. The summed E-state index contributed by atoms with van der Waals surface area (Å²) in [4.78, 5) is 0. The van der Waals surface area contributed by atoms with E-state index in [-0.39, 0.29) is 6.04 Å². The monoisotopic (exact) mass is 257 g/mol. The molecule has 4 heteroatoms. The van der Waals surface area contributed by atoms with Gasteiger partial charge in [-0.05, 0) is 17.7 Å². The number of rotatable bonds is 5. The Labute approximate surface area is 93.0 Å². The molecule has 0 fully saturated rings. The highest BCUT2D eigenvalue weighted by atomic mass is 79.9. The van der Waals surface area contributed by atoms with Gasteiger partial charge >= 0.3 is 0 Å². The molecule has 0 saturated carbocycles. The minimum atomic E-state index is 0.0467. The van der Waals surface area contributed by atoms with Crippen LogP contribution in [0.15, 0.2) is 28.7 Å². The van der Waals surface area contributed by atoms with E-state index in [1.54, 1.807) is 0 Å². The predicted octanol–water partition coefficient (Wildman–Crippen LogP) is 0.825. The maximum Gasteiger partial charge on any atom is 0.0290 e. The average molecular weight is 258 g/mol. The normalized spacial score (nSPS) is 12.8. The van der Waals surface area contributed by atoms with Crippen molar-refractivity contribution in [2.24, 2.45) is 11.5 Å². The van der Waals surface area contributed by atoms with E-state index < -0.39 is 0 Å². The van der Waals surface area contributed by atoms with E-state index in [0.29, 0.717) is 6.54 Å². The zero-order chi connectivity index (χ0) is 10.4. The van der Waals surface area contributed by atoms with Gasteiger partial charge in [-0.1, -0.05) is 28.1 Å². The second-order valence-corrected chi connectivity index (χ2v) is 4.17. The summed E-state index contributed by atoms with van der Waals surface area (Å²) in [5.74, 6) is 0. The van der Waals surface area contributed by atoms with Crippen molar-refractivity contribution in [3.63, 3.8) is 0 Å². The molecule has 1 rings (SSSR count). The van der Waals surface area contributed by atoms with Gasteiger partial charge in [0.25, 0.3) is 0 Å². The Balaban J connectivity index is 2.28. The van der Waals surface area contributed by atoms with Crippen LogP contribution in [0.1, 0.15) is 5.56 Å². The Hall–Kier alpha value is -0.420. The third kappa shape index (κ3) is 4.19. The van der Waals surface area contributed by atoms with Crippen molar-refractivity contribution in [3.05, 3.63) is 34.3 Å². The molecule has 0 heterocycles. The first-order chi connectivity index (χ1) is 6.72. The van der Waals surface area contributed by atoms with Crippen molar-refractivity contribution < 1.29 is 0 Å². The van der Waals surface area contributed by atoms with Crippen molar-refractivity contribution in [1.82, 2.24) is 5.32 Å². The Bertz CT molecular complexity index is 261. The molecule has 3 nitrogen and oxygen atoms in total. The number of hydrogen-bond donors (Lipinski definition) is 3. The van der Waals surface area contributed by atoms with E-state index in [9.17, 15) is 0 Å². The number of halogens is 1. The molecule has 0 aliphatic rings. The van der Waals surface area contributed by atoms with Gasteiger partial charge in [0.15, 0.2) is 0 Å². The van der Waals surface area contributed by atoms with Gasteiger partial charge in [-0.15, -0.1) is 0 Å². The Morgan fingerprint density at radius 1 is 1.29 bits per heavy atom. The van der Waals surface area contributed by atoms with Gasteiger partial charge in [0, 0.05) is 30.1 Å². The zero-order valence-electron chi connectivity index (χ0n) is 8.04. The van der Waals surface area contributed by atoms with Crippen molar-refractivity contribution >= 4 is 15.9 Å². The Morgan fingerprint density at radius 2 is 1.93 bits per heavy atom. The molecule has 1 aromatic rings. The summed E-state index contributed by atoms with van der Waals surface area (Å²) in [6, 6.07) is 8.25. The largest absolute Gasteiger partial charge is 0.329 e. The fraction of sp³-hybridized carbons (Fsp3) is 0.400. The lowest BCUT2D eigenvalue weighted by molar-refractivity contribution is 0.582. The second-order valence-electron chi connectivity index (χ2n) is 3.25. The molecule has 0 saturated heterocycles. The summed E-state index contributed by atoms with van der Waals surface area (Å²) >= 11 is 3.39. The highest BCUT2D eigenvalue weighted by Gasteiger charge is 1.98. The van der Waals surface area contributed by atoms with Gasteiger partial charge in [0.05, 0.1) is 0 Å². The van der Waals surface area contributed by atoms with Crippen LogP contribution in [0, 0.1) is 0 Å². The molecule has 1 unspecified atom stereocenters. The van der Waals surface area contributed by atoms with Gasteiger partial charge in [0.1, 0.15) is 0 Å². The summed E-state index contributed by atoms with van der Waals surface area (Å²) in [6.45, 7) is 2.11. The van der Waals surface area contributed by atoms with E-state index in [1.807, 2.05) is 12.1 Å². The van der Waals surface area contributed by atoms with Crippen LogP contribution in [0.5, 0.6) is 0 Å². The molecule has 5 N–H and O–H groups in total. The smallest absolute Gasteiger partial charge is 0.0290 e. The summed E-state index contributed by atoms with van der Waals surface area (Å²) in [5, 5.41) is 3.25. The van der Waals surface area contributed by atoms with Crippen LogP contribution in [0.25, 0.3) is 0 Å². The van der Waals surface area contributed by atoms with Crippen LogP contribution in [0.4, 0.5) is 0 Å². The molecule has 0 aliphatic carbocycles. The summed E-state index contributed by atoms with van der Waals surface area (Å²) in [6.07, 6.45) is 0. The number of hydrogen-bond acceptors (Lipinski definition) is 3. The molecule has 0 spiro atoms. The quantitative estimate of drug-likeness (QED) is 0.732. The fourth-order valence-electron chi connectivity index (χ4n) is 1.09. The first-order valence-electron chi connectivity index (χ1n) is 4.63. The molecule has 0 radical (unpaired) electrons. The van der Waals surface area contributed by atoms with E-state index >= 15 is 0 Å². The lowest BCUT2D eigenvalue weighted by Gasteiger charge is -2.09. The van der Waals surface area contributed by atoms with Gasteiger partial charge < -0.3 is 16.8 Å². The first kappa shape index (κ1) is 11.7. The predicted molar refractivity (Wildman–Crippen MR) is 62.9 cm³/mol. The van der Waals surface area contributed by atoms with Gasteiger partial charge in [-0.2, -0.15) is 0 Å². The van der Waals surface area contributed by atoms with Crippen LogP contribution in [0.3, 0.4) is 0 Å². The minimum Gasteiger partial charge on any atom is -0.329 e. The molecule has 0 aliphatic heterocycles. The first-order valence-corrected chi connectivity index (χ1v) is 5.42. The van der Waals surface area contributed by atoms with Gasteiger partial charge in [-0.3, -0.25) is 0 Å². The third-order valence-corrected chi connectivity index (χ3v) is 2.48. The summed E-state index contributed by atoms with van der Waals surface area (Å²) < 4.78 is 1.10. The lowest BCUT2D eigenvalue weighted by atomic mass is 10.2. The van der Waals surface area contributed by atoms with E-state index in [4.69, 9.17) is 11.5 Å². The maximum absolute atomic E-state index is 5.67. The summed E-state index contributed by atoms with van der Waals surface area (Å²) in [5.41, 5.74) is 12.3. The topological polar surface area (TPSA) is 64.1 Å². The molecule has 0 aromatic heterocycles. The second kappa shape index (κ2) is 6.14. The average Bonchev–Trinajstić information content (AvgIpc) is 2.21. The number of nitrogens with two attached hydrogens (primary N) is 2. The fourth-order valence-corrected chi connectivity index (χ4v) is 1.35. The molecule has 78 valence electrons. The lowest BCUT2D eigenvalue weighted by Crippen LogP contribution is -2.39. The molecule has 0 amide bonds. The number of benzene rings is 1. The molecule has 1 aromatic carbocycles. The SMILES string of the molecule is NCC(N)CNCc1ccc(Br)cc1. The van der Waals surface area contributed by atoms with Crippen LogP contribution in [-0.2, 0) is 6.54 Å². The number of nitrogens with one attached hydrogen (secondary N) is 1. The van der Waals surface area contributed by atoms with Gasteiger partial charge in [-0.25, -0.2) is 0 Å². The van der Waals surface area contributed by atoms with Crippen LogP contribution in [0.2, 0.25) is 0 Å². The summed E-state index contributed by atoms with van der Waals surface area (Å²) in [7, 11) is 0. The maximum atomic E-state index is 5.67. The molecular formula is C10H16BrN3. The van der Waals surface area contributed by atoms with Crippen molar-refractivity contribution in [2.45, 2.75) is 12.6 Å². The van der Waals surface area contributed by atoms with Crippen molar-refractivity contribution in [2.75, 3.05) is 13.1 Å². The Morgan fingerprint density at radius 3 is 2.50 bits per heavy atom. The van der Waals surface area contributed by atoms with E-state index in [2.05, 4.69) is 33.4 Å². The standard InChI is InChI=1S/C10H16BrN3/c11-9-3-1-8(2-4-9)6-14-7-10(13)5-12/h1-4,10,14H,5-7,12-13H2. The molecule has 14 heavy (non-hydrogen) atoms. The van der Waals surface area contributed by atoms with Crippen LogP contribution >= 0.6 is 15.9 Å². The third-order valence-electron chi connectivity index (χ3n) is 1.95. The molecule has 0 bridgehead atoms. The highest BCUT2D eigenvalue weighted by Crippen LogP contribution is 2.09. The Kier molecular flexibility index (Phi) is 5.11. The van der Waals surface area contributed by atoms with Crippen LogP contribution < -0.4 is 16.8 Å². The van der Waals surface area contributed by atoms with Gasteiger partial charge in [0.2, 0.25) is 0 Å². The van der Waals surface area contributed by atoms with Crippen LogP contribution in [-0.4, -0.2) is 19.1 Å². The van der Waals surface area contributed by atoms with Crippen molar-refractivity contribution in [3.8, 4) is 0 Å². The highest BCUT2D eigenvalue weighted by molar-refractivity contribution is 9.10. The van der Waals surface area contributed by atoms with E-state index in [1.165, 1.54) is 5.56 Å². The minimum absolute atomic E-state index is 0.0467. The zero-order valence-corrected chi connectivity index (χ0v) is 9.63. The van der Waals surface area contributed by atoms with Crippen molar-refractivity contribution in [1.29, 1.82) is 0 Å². The molecular weight excluding hydrogens is 242 g/mol.